The van der Waals surface area contributed by atoms with Crippen molar-refractivity contribution in [3.63, 3.8) is 0 Å². The van der Waals surface area contributed by atoms with E-state index in [0.717, 1.165) is 72.6 Å². The fraction of sp³-hybridized carbons (Fsp3) is 0.487. The molecule has 4 N–H and O–H groups in total. The van der Waals surface area contributed by atoms with E-state index in [2.05, 4.69) is 25.6 Å². The number of benzene rings is 2. The number of ether oxygens (including phenoxy) is 1. The molecule has 1 aliphatic carbocycles. The van der Waals surface area contributed by atoms with Gasteiger partial charge in [-0.3, -0.25) is 14.4 Å². The molecule has 3 amide bonds. The van der Waals surface area contributed by atoms with Crippen molar-refractivity contribution in [1.82, 2.24) is 30.5 Å². The molecule has 2 aliphatic rings. The molecule has 4 aromatic rings. The van der Waals surface area contributed by atoms with Crippen LogP contribution >= 0.6 is 11.3 Å². The maximum atomic E-state index is 14.3. The fourth-order valence-corrected chi connectivity index (χ4v) is 8.43. The highest BCUT2D eigenvalue weighted by atomic mass is 32.1. The molecule has 1 aliphatic heterocycles. The predicted octanol–water partition coefficient (Wildman–Crippen LogP) is 4.89. The van der Waals surface area contributed by atoms with Crippen LogP contribution in [0.15, 0.2) is 61.2 Å². The van der Waals surface area contributed by atoms with E-state index in [4.69, 9.17) is 4.74 Å². The smallest absolute Gasteiger partial charge is 0.349 e. The number of amides is 3. The first-order chi connectivity index (χ1) is 25.3. The Hall–Kier alpha value is -4.62. The standard InChI is InChI=1S/C39H48N6O6S/c1-51-39(50)33-23-41-38(52-33)35(47)31(18-25-10-3-2-4-11-25)43-37(49)32(21-29-22-40-24-42-29)44-36(48)28(20-34(46)45-16-7-8-17-45)19-27-14-9-13-26-12-5-6-15-30(26)27/h5-6,9,12-15,22-25,28,31-32,35,47H,2-4,7-8,10-11,16-21H2,1H3,(H,40,42)(H,43,49)(H,44,48)/t28-,31+,32+,35-/m1/s1. The summed E-state index contributed by atoms with van der Waals surface area (Å²) in [5.41, 5.74) is 1.60. The van der Waals surface area contributed by atoms with Crippen molar-refractivity contribution in [3.05, 3.63) is 82.3 Å². The number of carbonyl (C=O) groups is 4. The Labute approximate surface area is 307 Å². The highest BCUT2D eigenvalue weighted by Gasteiger charge is 2.34. The number of imidazole rings is 1. The van der Waals surface area contributed by atoms with Gasteiger partial charge in [-0.05, 0) is 47.9 Å². The van der Waals surface area contributed by atoms with Gasteiger partial charge in [-0.15, -0.1) is 11.3 Å². The van der Waals surface area contributed by atoms with Crippen LogP contribution in [0, 0.1) is 11.8 Å². The number of aromatic amines is 1. The van der Waals surface area contributed by atoms with Crippen LogP contribution in [0.3, 0.4) is 0 Å². The second-order valence-electron chi connectivity index (χ2n) is 14.0. The Morgan fingerprint density at radius 1 is 0.962 bits per heavy atom. The van der Waals surface area contributed by atoms with Crippen LogP contribution in [0.2, 0.25) is 0 Å². The highest BCUT2D eigenvalue weighted by molar-refractivity contribution is 7.13. The lowest BCUT2D eigenvalue weighted by Crippen LogP contribution is -2.53. The molecule has 4 atom stereocenters. The van der Waals surface area contributed by atoms with Gasteiger partial charge in [0.15, 0.2) is 0 Å². The number of carbonyl (C=O) groups excluding carboxylic acids is 4. The number of fused-ring (bicyclic) bond motifs is 1. The van der Waals surface area contributed by atoms with Crippen molar-refractivity contribution >= 4 is 45.8 Å². The van der Waals surface area contributed by atoms with E-state index in [0.29, 0.717) is 36.6 Å². The number of aliphatic hydroxyl groups is 1. The summed E-state index contributed by atoms with van der Waals surface area (Å²) in [6, 6.07) is 12.2. The molecular weight excluding hydrogens is 681 g/mol. The van der Waals surface area contributed by atoms with Crippen LogP contribution in [-0.4, -0.2) is 80.9 Å². The number of esters is 1. The molecule has 0 bridgehead atoms. The van der Waals surface area contributed by atoms with Crippen molar-refractivity contribution < 1.29 is 29.0 Å². The Kier molecular flexibility index (Phi) is 12.7. The van der Waals surface area contributed by atoms with E-state index >= 15 is 0 Å². The molecule has 0 unspecified atom stereocenters. The number of methoxy groups -OCH3 is 1. The third kappa shape index (κ3) is 9.43. The lowest BCUT2D eigenvalue weighted by atomic mass is 9.83. The van der Waals surface area contributed by atoms with E-state index in [1.54, 1.807) is 6.20 Å². The summed E-state index contributed by atoms with van der Waals surface area (Å²) in [6.07, 6.45) is 11.4. The van der Waals surface area contributed by atoms with E-state index in [-0.39, 0.29) is 29.5 Å². The zero-order valence-electron chi connectivity index (χ0n) is 29.6. The van der Waals surface area contributed by atoms with Crippen LogP contribution in [0.1, 0.15) is 89.8 Å². The fourth-order valence-electron chi connectivity index (χ4n) is 7.54. The highest BCUT2D eigenvalue weighted by Crippen LogP contribution is 2.32. The van der Waals surface area contributed by atoms with Crippen molar-refractivity contribution in [2.75, 3.05) is 20.2 Å². The van der Waals surface area contributed by atoms with E-state index in [9.17, 15) is 24.3 Å². The average molecular weight is 729 g/mol. The maximum Gasteiger partial charge on any atom is 0.349 e. The Bertz CT molecular complexity index is 1810. The van der Waals surface area contributed by atoms with Gasteiger partial charge in [-0.2, -0.15) is 0 Å². The number of rotatable bonds is 15. The first kappa shape index (κ1) is 37.1. The number of aromatic nitrogens is 3. The van der Waals surface area contributed by atoms with Gasteiger partial charge in [0.05, 0.1) is 31.6 Å². The zero-order valence-corrected chi connectivity index (χ0v) is 30.4. The first-order valence-electron chi connectivity index (χ1n) is 18.3. The summed E-state index contributed by atoms with van der Waals surface area (Å²) in [4.78, 5) is 67.8. The van der Waals surface area contributed by atoms with Crippen molar-refractivity contribution in [1.29, 1.82) is 0 Å². The Morgan fingerprint density at radius 2 is 1.73 bits per heavy atom. The Balaban J connectivity index is 1.25. The molecule has 2 aromatic heterocycles. The summed E-state index contributed by atoms with van der Waals surface area (Å²) in [7, 11) is 1.29. The molecule has 1 saturated heterocycles. The van der Waals surface area contributed by atoms with Crippen LogP contribution in [0.25, 0.3) is 10.8 Å². The van der Waals surface area contributed by atoms with Crippen LogP contribution in [-0.2, 0) is 32.0 Å². The zero-order chi connectivity index (χ0) is 36.5. The van der Waals surface area contributed by atoms with Gasteiger partial charge in [0.1, 0.15) is 22.0 Å². The molecule has 276 valence electrons. The molecule has 2 fully saturated rings. The lowest BCUT2D eigenvalue weighted by molar-refractivity contribution is -0.136. The molecular formula is C39H48N6O6S. The first-order valence-corrected chi connectivity index (χ1v) is 19.1. The van der Waals surface area contributed by atoms with E-state index in [1.165, 1.54) is 19.6 Å². The van der Waals surface area contributed by atoms with Crippen LogP contribution in [0.4, 0.5) is 0 Å². The van der Waals surface area contributed by atoms with Gasteiger partial charge in [0, 0.05) is 37.8 Å². The van der Waals surface area contributed by atoms with Crippen molar-refractivity contribution in [2.24, 2.45) is 11.8 Å². The summed E-state index contributed by atoms with van der Waals surface area (Å²) in [6.45, 7) is 1.36. The molecule has 3 heterocycles. The second kappa shape index (κ2) is 17.7. The second-order valence-corrected chi connectivity index (χ2v) is 15.1. The Morgan fingerprint density at radius 3 is 2.48 bits per heavy atom. The number of thiazole rings is 1. The minimum atomic E-state index is -1.19. The third-order valence-corrected chi connectivity index (χ3v) is 11.4. The lowest BCUT2D eigenvalue weighted by Gasteiger charge is -2.31. The number of aliphatic hydroxyl groups excluding tert-OH is 1. The molecule has 1 saturated carbocycles. The summed E-state index contributed by atoms with van der Waals surface area (Å²) in [5, 5.41) is 20.1. The summed E-state index contributed by atoms with van der Waals surface area (Å²) in [5.74, 6) is -1.93. The molecule has 52 heavy (non-hydrogen) atoms. The minimum absolute atomic E-state index is 0.0169. The monoisotopic (exact) mass is 728 g/mol. The van der Waals surface area contributed by atoms with Gasteiger partial charge in [-0.25, -0.2) is 14.8 Å². The number of nitrogens with one attached hydrogen (secondary N) is 3. The SMILES string of the molecule is COC(=O)c1cnc([C@H](O)[C@H](CC2CCCCC2)NC(=O)[C@H](Cc2cnc[nH]2)NC(=O)[C@@H](CC(=O)N2CCCC2)Cc2cccc3ccccc23)s1. The predicted molar refractivity (Wildman–Crippen MR) is 197 cm³/mol. The van der Waals surface area contributed by atoms with Gasteiger partial charge in [0.2, 0.25) is 17.7 Å². The molecule has 0 spiro atoms. The summed E-state index contributed by atoms with van der Waals surface area (Å²) >= 11 is 1.03. The third-order valence-electron chi connectivity index (χ3n) is 10.4. The van der Waals surface area contributed by atoms with Crippen molar-refractivity contribution in [2.45, 2.75) is 88.8 Å². The number of H-pyrrole nitrogens is 1. The molecule has 2 aromatic carbocycles. The number of likely N-dealkylation sites (tertiary alicyclic amines) is 1. The number of hydrogen-bond donors (Lipinski definition) is 4. The number of hydrogen-bond acceptors (Lipinski definition) is 9. The molecule has 0 radical (unpaired) electrons. The largest absolute Gasteiger partial charge is 0.465 e. The van der Waals surface area contributed by atoms with E-state index < -0.39 is 41.9 Å². The normalized spacial score (nSPS) is 17.3. The van der Waals surface area contributed by atoms with E-state index in [1.807, 2.05) is 47.4 Å². The number of nitrogens with zero attached hydrogens (tertiary/aromatic N) is 3. The molecule has 12 nitrogen and oxygen atoms in total. The van der Waals surface area contributed by atoms with Gasteiger partial charge in [-0.1, -0.05) is 74.6 Å². The summed E-state index contributed by atoms with van der Waals surface area (Å²) < 4.78 is 4.83. The van der Waals surface area contributed by atoms with Crippen LogP contribution < -0.4 is 10.6 Å². The van der Waals surface area contributed by atoms with Crippen molar-refractivity contribution in [3.8, 4) is 0 Å². The van der Waals surface area contributed by atoms with Gasteiger partial charge >= 0.3 is 5.97 Å². The minimum Gasteiger partial charge on any atom is -0.465 e. The maximum absolute atomic E-state index is 14.3. The van der Waals surface area contributed by atoms with Gasteiger partial charge < -0.3 is 30.4 Å². The average Bonchev–Trinajstić information content (AvgIpc) is 3.98. The van der Waals surface area contributed by atoms with Gasteiger partial charge in [0.25, 0.3) is 0 Å². The van der Waals surface area contributed by atoms with Crippen LogP contribution in [0.5, 0.6) is 0 Å². The molecule has 6 rings (SSSR count). The topological polar surface area (TPSA) is 167 Å². The molecule has 13 heteroatoms. The quantitative estimate of drug-likeness (QED) is 0.126.